The van der Waals surface area contributed by atoms with Gasteiger partial charge in [0.2, 0.25) is 15.9 Å². The molecule has 3 aromatic rings. The summed E-state index contributed by atoms with van der Waals surface area (Å²) in [6.07, 6.45) is 2.05. The number of urea groups is 1. The molecule has 1 aromatic heterocycles. The third-order valence-corrected chi connectivity index (χ3v) is 11.5. The predicted molar refractivity (Wildman–Crippen MR) is 201 cm³/mol. The van der Waals surface area contributed by atoms with Crippen LogP contribution in [0.3, 0.4) is 0 Å². The van der Waals surface area contributed by atoms with E-state index in [2.05, 4.69) is 20.8 Å². The number of carbonyl (C=O) groups is 2. The van der Waals surface area contributed by atoms with Crippen LogP contribution >= 0.6 is 11.3 Å². The van der Waals surface area contributed by atoms with E-state index in [1.807, 2.05) is 63.4 Å². The van der Waals surface area contributed by atoms with Crippen LogP contribution in [0.5, 0.6) is 0 Å². The summed E-state index contributed by atoms with van der Waals surface area (Å²) in [6.45, 7) is 9.31. The Bertz CT molecular complexity index is 1740. The molecule has 0 saturated heterocycles. The third-order valence-electron chi connectivity index (χ3n) is 8.88. The Hall–Kier alpha value is -3.89. The van der Waals surface area contributed by atoms with Crippen molar-refractivity contribution in [3.05, 3.63) is 81.8 Å². The van der Waals surface area contributed by atoms with Crippen LogP contribution in [0.2, 0.25) is 0 Å². The second-order valence-electron chi connectivity index (χ2n) is 14.4. The molecule has 0 spiro atoms. The van der Waals surface area contributed by atoms with E-state index in [-0.39, 0.29) is 36.9 Å². The van der Waals surface area contributed by atoms with E-state index in [1.54, 1.807) is 14.0 Å². The number of aryl methyl sites for hydroxylation is 1. The van der Waals surface area contributed by atoms with E-state index in [4.69, 9.17) is 9.94 Å². The summed E-state index contributed by atoms with van der Waals surface area (Å²) in [4.78, 5) is 33.6. The minimum atomic E-state index is -4.07. The maximum atomic E-state index is 14.2. The fourth-order valence-corrected chi connectivity index (χ4v) is 8.13. The Labute approximate surface area is 311 Å². The summed E-state index contributed by atoms with van der Waals surface area (Å²) in [5.41, 5.74) is 1.42. The first-order valence-corrected chi connectivity index (χ1v) is 19.8. The van der Waals surface area contributed by atoms with E-state index in [1.165, 1.54) is 51.0 Å². The van der Waals surface area contributed by atoms with Gasteiger partial charge in [0.1, 0.15) is 6.04 Å². The number of aromatic nitrogens is 1. The van der Waals surface area contributed by atoms with Crippen LogP contribution in [0.15, 0.2) is 70.0 Å². The summed E-state index contributed by atoms with van der Waals surface area (Å²) in [5, 5.41) is 32.3. The number of carbonyl (C=O) groups excluding carboxylic acids is 2. The van der Waals surface area contributed by atoms with Crippen molar-refractivity contribution in [1.29, 1.82) is 0 Å². The number of benzene rings is 2. The van der Waals surface area contributed by atoms with E-state index >= 15 is 0 Å². The normalized spacial score (nSPS) is 16.2. The molecule has 1 heterocycles. The average molecular weight is 757 g/mol. The van der Waals surface area contributed by atoms with E-state index in [0.717, 1.165) is 35.5 Å². The smallest absolute Gasteiger partial charge is 0.318 e. The molecule has 4 N–H and O–H groups in total. The molecule has 1 saturated carbocycles. The van der Waals surface area contributed by atoms with Crippen molar-refractivity contribution >= 4 is 39.5 Å². The minimum Gasteiger partial charge on any atom is -0.411 e. The molecule has 284 valence electrons. The summed E-state index contributed by atoms with van der Waals surface area (Å²) >= 11 is 1.48. The van der Waals surface area contributed by atoms with Gasteiger partial charge in [0.25, 0.3) is 0 Å². The average Bonchev–Trinajstić information content (AvgIpc) is 3.47. The van der Waals surface area contributed by atoms with E-state index in [0.29, 0.717) is 5.56 Å². The number of sulfonamides is 1. The largest absolute Gasteiger partial charge is 0.411 e. The molecular formula is C37H52N6O7S2. The molecule has 13 nitrogen and oxygen atoms in total. The number of aliphatic hydroxyl groups excluding tert-OH is 1. The van der Waals surface area contributed by atoms with Gasteiger partial charge in [-0.25, -0.2) is 18.2 Å². The quantitative estimate of drug-likeness (QED) is 0.0882. The first kappa shape index (κ1) is 40.9. The number of hydrogen-bond acceptors (Lipinski definition) is 10. The van der Waals surface area contributed by atoms with Crippen molar-refractivity contribution in [2.45, 2.75) is 102 Å². The number of aliphatic hydroxyl groups is 1. The van der Waals surface area contributed by atoms with Gasteiger partial charge in [-0.3, -0.25) is 4.79 Å². The van der Waals surface area contributed by atoms with Gasteiger partial charge in [-0.1, -0.05) is 54.0 Å². The van der Waals surface area contributed by atoms with Gasteiger partial charge in [0.05, 0.1) is 52.2 Å². The predicted octanol–water partition coefficient (Wildman–Crippen LogP) is 4.55. The molecule has 1 aliphatic rings. The summed E-state index contributed by atoms with van der Waals surface area (Å²) in [5.74, 6) is -0.442. The Kier molecular flexibility index (Phi) is 14.3. The van der Waals surface area contributed by atoms with Crippen LogP contribution in [0.25, 0.3) is 0 Å². The highest BCUT2D eigenvalue weighted by atomic mass is 32.2. The lowest BCUT2D eigenvalue weighted by molar-refractivity contribution is -0.132. The number of rotatable bonds is 17. The van der Waals surface area contributed by atoms with Crippen molar-refractivity contribution < 1.29 is 33.1 Å². The fraction of sp³-hybridized carbons (Fsp3) is 0.514. The molecule has 4 rings (SSSR count). The van der Waals surface area contributed by atoms with Gasteiger partial charge < -0.3 is 30.6 Å². The highest BCUT2D eigenvalue weighted by molar-refractivity contribution is 7.89. The Morgan fingerprint density at radius 2 is 1.79 bits per heavy atom. The zero-order chi connectivity index (χ0) is 38.1. The van der Waals surface area contributed by atoms with Gasteiger partial charge in [0.15, 0.2) is 0 Å². The molecular weight excluding hydrogens is 705 g/mol. The highest BCUT2D eigenvalue weighted by Crippen LogP contribution is 2.30. The molecule has 2 aromatic carbocycles. The second kappa shape index (κ2) is 18.2. The topological polar surface area (TPSA) is 174 Å². The molecule has 4 atom stereocenters. The molecule has 0 aliphatic heterocycles. The van der Waals surface area contributed by atoms with Gasteiger partial charge in [-0.2, -0.15) is 4.31 Å². The molecule has 1 fully saturated rings. The van der Waals surface area contributed by atoms with Gasteiger partial charge in [-0.05, 0) is 83.1 Å². The van der Waals surface area contributed by atoms with Crippen LogP contribution in [-0.4, -0.2) is 101 Å². The van der Waals surface area contributed by atoms with Crippen molar-refractivity contribution in [2.75, 3.05) is 20.1 Å². The molecule has 0 radical (unpaired) electrons. The SMILES string of the molecule is Cc1nc(CN(C)C(=O)N[C@H](C(=O)N[C@@H](Cc2ccccc2)[C@H](O)CN(CC2CCC2)S(=O)(=O)c2ccc(C=NO)cc2)[C@H](C)OC(C)(C)C)cs1. The van der Waals surface area contributed by atoms with E-state index in [9.17, 15) is 23.1 Å². The van der Waals surface area contributed by atoms with Crippen molar-refractivity contribution in [3.63, 3.8) is 0 Å². The number of oxime groups is 1. The number of nitrogens with zero attached hydrogens (tertiary/aromatic N) is 4. The Balaban J connectivity index is 1.60. The Morgan fingerprint density at radius 3 is 2.35 bits per heavy atom. The molecule has 15 heteroatoms. The third kappa shape index (κ3) is 11.8. The maximum Gasteiger partial charge on any atom is 0.318 e. The molecule has 1 aliphatic carbocycles. The first-order valence-electron chi connectivity index (χ1n) is 17.5. The summed E-state index contributed by atoms with van der Waals surface area (Å²) in [7, 11) is -2.45. The number of nitrogens with one attached hydrogen (secondary N) is 2. The van der Waals surface area contributed by atoms with Gasteiger partial charge in [0, 0.05) is 25.5 Å². The highest BCUT2D eigenvalue weighted by Gasteiger charge is 2.37. The Morgan fingerprint density at radius 1 is 1.12 bits per heavy atom. The van der Waals surface area contributed by atoms with Crippen molar-refractivity contribution in [1.82, 2.24) is 24.8 Å². The summed E-state index contributed by atoms with van der Waals surface area (Å²) < 4.78 is 35.5. The molecule has 52 heavy (non-hydrogen) atoms. The van der Waals surface area contributed by atoms with Crippen molar-refractivity contribution in [2.24, 2.45) is 11.1 Å². The number of ether oxygens (including phenoxy) is 1. The van der Waals surface area contributed by atoms with Crippen LogP contribution in [0.4, 0.5) is 4.79 Å². The molecule has 3 amide bonds. The first-order chi connectivity index (χ1) is 24.5. The number of thiazole rings is 1. The van der Waals surface area contributed by atoms with Crippen molar-refractivity contribution in [3.8, 4) is 0 Å². The minimum absolute atomic E-state index is 0.0330. The lowest BCUT2D eigenvalue weighted by Crippen LogP contribution is -2.60. The fourth-order valence-electron chi connectivity index (χ4n) is 6.00. The van der Waals surface area contributed by atoms with Crippen LogP contribution < -0.4 is 10.6 Å². The number of hydrogen-bond donors (Lipinski definition) is 4. The lowest BCUT2D eigenvalue weighted by atomic mass is 9.85. The van der Waals surface area contributed by atoms with Gasteiger partial charge in [-0.15, -0.1) is 11.3 Å². The van der Waals surface area contributed by atoms with Crippen LogP contribution in [0, 0.1) is 12.8 Å². The van der Waals surface area contributed by atoms with Gasteiger partial charge >= 0.3 is 6.03 Å². The monoisotopic (exact) mass is 756 g/mol. The van der Waals surface area contributed by atoms with Crippen LogP contribution in [-0.2, 0) is 32.5 Å². The summed E-state index contributed by atoms with van der Waals surface area (Å²) in [6, 6.07) is 12.6. The number of amides is 3. The molecule has 0 bridgehead atoms. The maximum absolute atomic E-state index is 14.2. The molecule has 0 unspecified atom stereocenters. The zero-order valence-corrected chi connectivity index (χ0v) is 32.4. The zero-order valence-electron chi connectivity index (χ0n) is 30.7. The van der Waals surface area contributed by atoms with Crippen LogP contribution in [0.1, 0.15) is 68.8 Å². The lowest BCUT2D eigenvalue weighted by Gasteiger charge is -2.36. The standard InChI is InChI=1S/C37H52N6O7S2/c1-25(50-37(3,4)5)34(41-36(46)42(6)22-30-24-51-26(2)39-30)35(45)40-32(19-27-11-8-7-9-12-27)33(44)23-43(21-29-13-10-14-29)52(48,49)31-17-15-28(16-18-31)20-38-47/h7-9,11-12,15-18,20,24-25,29,32-34,44,47H,10,13-14,19,21-23H2,1-6H3,(H,40,45)(H,41,46)/t25-,32-,33+,34-/m0/s1. The van der Waals surface area contributed by atoms with E-state index < -0.39 is 51.9 Å². The second-order valence-corrected chi connectivity index (χ2v) is 17.4.